The summed E-state index contributed by atoms with van der Waals surface area (Å²) in [7, 11) is 1.67. The van der Waals surface area contributed by atoms with Crippen molar-refractivity contribution in [3.05, 3.63) is 59.7 Å². The molecule has 0 radical (unpaired) electrons. The summed E-state index contributed by atoms with van der Waals surface area (Å²) in [4.78, 5) is 11.6. The van der Waals surface area contributed by atoms with Crippen LogP contribution in [-0.2, 0) is 19.7 Å². The highest BCUT2D eigenvalue weighted by atomic mass is 19.1. The molecule has 2 aromatic heterocycles. The van der Waals surface area contributed by atoms with E-state index in [4.69, 9.17) is 9.47 Å². The lowest BCUT2D eigenvalue weighted by Crippen LogP contribution is -2.29. The molecule has 5 rings (SSSR count). The van der Waals surface area contributed by atoms with E-state index >= 15 is 0 Å². The first-order valence-corrected chi connectivity index (χ1v) is 10.9. The maximum atomic E-state index is 13.8. The van der Waals surface area contributed by atoms with Gasteiger partial charge in [0.1, 0.15) is 5.82 Å². The Balaban J connectivity index is 1.86. The number of carboxylic acid groups (broad SMARTS) is 1. The first kappa shape index (κ1) is 21.6. The van der Waals surface area contributed by atoms with Crippen molar-refractivity contribution in [3.8, 4) is 5.69 Å². The van der Waals surface area contributed by atoms with E-state index in [1.807, 2.05) is 0 Å². The van der Waals surface area contributed by atoms with Gasteiger partial charge in [0.2, 0.25) is 0 Å². The van der Waals surface area contributed by atoms with Crippen LogP contribution in [0.25, 0.3) is 27.5 Å². The second kappa shape index (κ2) is 7.97. The number of ether oxygens (including phenoxy) is 2. The number of aromatic nitrogens is 3. The molecule has 0 amide bonds. The van der Waals surface area contributed by atoms with Crippen molar-refractivity contribution >= 4 is 27.8 Å². The lowest BCUT2D eigenvalue weighted by molar-refractivity contribution is -0.147. The van der Waals surface area contributed by atoms with Gasteiger partial charge in [-0.15, -0.1) is 0 Å². The van der Waals surface area contributed by atoms with E-state index in [9.17, 15) is 14.3 Å². The van der Waals surface area contributed by atoms with Crippen molar-refractivity contribution < 1.29 is 23.8 Å². The van der Waals surface area contributed by atoms with Gasteiger partial charge in [0.05, 0.1) is 30.4 Å². The van der Waals surface area contributed by atoms with Crippen molar-refractivity contribution in [1.29, 1.82) is 0 Å². The van der Waals surface area contributed by atoms with Gasteiger partial charge < -0.3 is 19.1 Å². The van der Waals surface area contributed by atoms with Gasteiger partial charge >= 0.3 is 5.97 Å². The van der Waals surface area contributed by atoms with Gasteiger partial charge in [0.25, 0.3) is 0 Å². The molecule has 4 aromatic rings. The van der Waals surface area contributed by atoms with Crippen LogP contribution in [0.3, 0.4) is 0 Å². The van der Waals surface area contributed by atoms with Gasteiger partial charge in [-0.3, -0.25) is 5.10 Å². The van der Waals surface area contributed by atoms with Crippen LogP contribution >= 0.6 is 0 Å². The third-order valence-electron chi connectivity index (χ3n) is 6.48. The third-order valence-corrected chi connectivity index (χ3v) is 6.48. The molecule has 33 heavy (non-hydrogen) atoms. The predicted molar refractivity (Wildman–Crippen MR) is 123 cm³/mol. The van der Waals surface area contributed by atoms with E-state index in [0.29, 0.717) is 19.6 Å². The van der Waals surface area contributed by atoms with E-state index in [2.05, 4.69) is 40.7 Å². The molecular weight excluding hydrogens is 425 g/mol. The Morgan fingerprint density at radius 3 is 2.76 bits per heavy atom. The first-order chi connectivity index (χ1) is 15.8. The molecule has 2 aromatic carbocycles. The van der Waals surface area contributed by atoms with Crippen LogP contribution in [-0.4, -0.2) is 52.3 Å². The van der Waals surface area contributed by atoms with Gasteiger partial charge in [-0.1, -0.05) is 13.8 Å². The number of rotatable bonds is 6. The summed E-state index contributed by atoms with van der Waals surface area (Å²) in [6, 6.07) is 10.5. The minimum absolute atomic E-state index is 0.109. The highest BCUT2D eigenvalue weighted by Gasteiger charge is 2.39. The number of methoxy groups -OCH3 is 1. The molecule has 7 nitrogen and oxygen atoms in total. The zero-order valence-electron chi connectivity index (χ0n) is 18.8. The summed E-state index contributed by atoms with van der Waals surface area (Å²) in [6.45, 7) is 4.97. The molecule has 0 spiro atoms. The fourth-order valence-corrected chi connectivity index (χ4v) is 5.12. The number of halogens is 1. The average Bonchev–Trinajstić information content (AvgIpc) is 3.49. The second-order valence-corrected chi connectivity index (χ2v) is 9.31. The summed E-state index contributed by atoms with van der Waals surface area (Å²) in [5.74, 6) is -1.37. The Kier molecular flexibility index (Phi) is 5.22. The monoisotopic (exact) mass is 451 g/mol. The number of carboxylic acids is 1. The van der Waals surface area contributed by atoms with Crippen LogP contribution in [0.1, 0.15) is 37.4 Å². The second-order valence-electron chi connectivity index (χ2n) is 9.31. The molecule has 2 atom stereocenters. The first-order valence-electron chi connectivity index (χ1n) is 10.9. The number of aliphatic carboxylic acids is 1. The molecule has 0 bridgehead atoms. The molecule has 172 valence electrons. The molecule has 0 unspecified atom stereocenters. The number of hydrogen-bond acceptors (Lipinski definition) is 4. The van der Waals surface area contributed by atoms with Gasteiger partial charge in [0, 0.05) is 40.6 Å². The Morgan fingerprint density at radius 1 is 1.33 bits per heavy atom. The zero-order chi connectivity index (χ0) is 23.3. The summed E-state index contributed by atoms with van der Waals surface area (Å²) in [6.07, 6.45) is 1.32. The molecule has 1 fully saturated rings. The van der Waals surface area contributed by atoms with Crippen molar-refractivity contribution in [3.63, 3.8) is 0 Å². The Morgan fingerprint density at radius 2 is 2.09 bits per heavy atom. The molecule has 1 aliphatic heterocycles. The number of fused-ring (bicyclic) bond motifs is 2. The number of nitrogens with zero attached hydrogens (tertiary/aromatic N) is 2. The van der Waals surface area contributed by atoms with Crippen molar-refractivity contribution in [1.82, 2.24) is 14.8 Å². The van der Waals surface area contributed by atoms with Crippen molar-refractivity contribution in [2.24, 2.45) is 0 Å². The number of H-pyrrole nitrogens is 1. The highest BCUT2D eigenvalue weighted by molar-refractivity contribution is 5.99. The number of benzene rings is 2. The van der Waals surface area contributed by atoms with E-state index in [-0.39, 0.29) is 11.7 Å². The van der Waals surface area contributed by atoms with Crippen LogP contribution in [0.15, 0.2) is 42.6 Å². The molecule has 0 aliphatic carbocycles. The Hall–Kier alpha value is -3.23. The summed E-state index contributed by atoms with van der Waals surface area (Å²) in [5.41, 5.74) is 4.28. The van der Waals surface area contributed by atoms with E-state index < -0.39 is 17.5 Å². The number of hydrogen-bond donors (Lipinski definition) is 2. The van der Waals surface area contributed by atoms with Crippen LogP contribution < -0.4 is 0 Å². The van der Waals surface area contributed by atoms with Crippen LogP contribution in [0.4, 0.5) is 4.39 Å². The lowest BCUT2D eigenvalue weighted by Gasteiger charge is -2.29. The lowest BCUT2D eigenvalue weighted by atomic mass is 9.82. The predicted octanol–water partition coefficient (Wildman–Crippen LogP) is 4.53. The van der Waals surface area contributed by atoms with Crippen molar-refractivity contribution in [2.45, 2.75) is 37.7 Å². The maximum absolute atomic E-state index is 13.8. The molecule has 3 heterocycles. The van der Waals surface area contributed by atoms with Gasteiger partial charge in [-0.05, 0) is 48.4 Å². The fraction of sp³-hybridized carbons (Fsp3) is 0.360. The third kappa shape index (κ3) is 3.59. The molecule has 8 heteroatoms. The van der Waals surface area contributed by atoms with Crippen LogP contribution in [0.2, 0.25) is 0 Å². The SMILES string of the molecule is COCC(C)(C)c1c([C@H]2CO[C@H](C(=O)O)C2)c2cc3[nH]ncc3cc2n1-c1ccc(F)cc1. The van der Waals surface area contributed by atoms with Crippen LogP contribution in [0, 0.1) is 5.82 Å². The summed E-state index contributed by atoms with van der Waals surface area (Å²) in [5, 5.41) is 18.7. The summed E-state index contributed by atoms with van der Waals surface area (Å²) >= 11 is 0. The van der Waals surface area contributed by atoms with Gasteiger partial charge in [-0.2, -0.15) is 5.10 Å². The molecule has 0 saturated carbocycles. The van der Waals surface area contributed by atoms with Crippen LogP contribution in [0.5, 0.6) is 0 Å². The Labute approximate surface area is 190 Å². The summed E-state index contributed by atoms with van der Waals surface area (Å²) < 4.78 is 27.2. The van der Waals surface area contributed by atoms with E-state index in [1.165, 1.54) is 12.1 Å². The minimum atomic E-state index is -0.951. The normalized spacial score (nSPS) is 19.0. The number of aromatic amines is 1. The molecule has 1 saturated heterocycles. The van der Waals surface area contributed by atoms with E-state index in [1.54, 1.807) is 25.4 Å². The Bertz CT molecular complexity index is 1340. The fourth-order valence-electron chi connectivity index (χ4n) is 5.12. The standard InChI is InChI=1S/C25H26FN3O4/c1-25(2,13-32-3)23-22(15-9-21(24(30)31)33-12-15)18-10-19-14(11-27-28-19)8-20(18)29(23)17-6-4-16(26)5-7-17/h4-8,10-11,15,21H,9,12-13H2,1-3H3,(H,27,28)(H,30,31)/t15-,21+/m1/s1. The average molecular weight is 451 g/mol. The largest absolute Gasteiger partial charge is 0.479 e. The van der Waals surface area contributed by atoms with Gasteiger partial charge in [0.15, 0.2) is 6.10 Å². The smallest absolute Gasteiger partial charge is 0.332 e. The minimum Gasteiger partial charge on any atom is -0.479 e. The number of nitrogens with one attached hydrogen (secondary N) is 1. The molecule has 2 N–H and O–H groups in total. The quantitative estimate of drug-likeness (QED) is 0.450. The maximum Gasteiger partial charge on any atom is 0.332 e. The van der Waals surface area contributed by atoms with Crippen molar-refractivity contribution in [2.75, 3.05) is 20.3 Å². The molecular formula is C25H26FN3O4. The van der Waals surface area contributed by atoms with Gasteiger partial charge in [-0.25, -0.2) is 9.18 Å². The topological polar surface area (TPSA) is 89.4 Å². The zero-order valence-corrected chi connectivity index (χ0v) is 18.8. The number of carbonyl (C=O) groups is 1. The highest BCUT2D eigenvalue weighted by Crippen LogP contribution is 2.45. The van der Waals surface area contributed by atoms with E-state index in [0.717, 1.165) is 38.8 Å². The molecule has 1 aliphatic rings.